The van der Waals surface area contributed by atoms with Crippen molar-refractivity contribution in [3.8, 4) is 0 Å². The van der Waals surface area contributed by atoms with Crippen molar-refractivity contribution in [1.82, 2.24) is 14.5 Å². The van der Waals surface area contributed by atoms with Gasteiger partial charge < -0.3 is 9.47 Å². The van der Waals surface area contributed by atoms with Gasteiger partial charge in [0.25, 0.3) is 0 Å². The number of hydrogen-bond acceptors (Lipinski definition) is 3. The van der Waals surface area contributed by atoms with Crippen LogP contribution >= 0.6 is 0 Å². The molecule has 20 heavy (non-hydrogen) atoms. The molecule has 2 heterocycles. The second kappa shape index (κ2) is 4.96. The zero-order chi connectivity index (χ0) is 14.1. The number of anilines is 2. The summed E-state index contributed by atoms with van der Waals surface area (Å²) >= 11 is 0. The predicted octanol–water partition coefficient (Wildman–Crippen LogP) is 3.43. The molecule has 4 heteroatoms. The van der Waals surface area contributed by atoms with Crippen molar-refractivity contribution >= 4 is 22.5 Å². The fraction of sp³-hybridized carbons (Fsp3) is 0.250. The summed E-state index contributed by atoms with van der Waals surface area (Å²) in [5.74, 6) is 0.951. The van der Waals surface area contributed by atoms with Gasteiger partial charge >= 0.3 is 0 Å². The van der Waals surface area contributed by atoms with Gasteiger partial charge in [-0.3, -0.25) is 0 Å². The maximum atomic E-state index is 4.54. The number of hydrogen-bond donors (Lipinski definition) is 0. The van der Waals surface area contributed by atoms with E-state index >= 15 is 0 Å². The molecule has 0 radical (unpaired) electrons. The Labute approximate surface area is 118 Å². The van der Waals surface area contributed by atoms with Crippen molar-refractivity contribution in [2.75, 3.05) is 11.4 Å². The molecule has 3 aromatic rings. The highest BCUT2D eigenvalue weighted by molar-refractivity contribution is 5.78. The van der Waals surface area contributed by atoms with Crippen LogP contribution in [0.15, 0.2) is 42.9 Å². The summed E-state index contributed by atoms with van der Waals surface area (Å²) in [5, 5.41) is 0. The highest BCUT2D eigenvalue weighted by Crippen LogP contribution is 2.25. The lowest BCUT2D eigenvalue weighted by Gasteiger charge is -2.22. The van der Waals surface area contributed by atoms with Crippen molar-refractivity contribution < 1.29 is 0 Å². The van der Waals surface area contributed by atoms with Gasteiger partial charge in [0.15, 0.2) is 0 Å². The number of benzene rings is 1. The van der Waals surface area contributed by atoms with Gasteiger partial charge in [0, 0.05) is 25.3 Å². The third kappa shape index (κ3) is 2.13. The molecule has 102 valence electrons. The minimum atomic E-state index is 0.874. The lowest BCUT2D eigenvalue weighted by atomic mass is 10.2. The van der Waals surface area contributed by atoms with Crippen molar-refractivity contribution in [2.24, 2.45) is 7.05 Å². The smallest absolute Gasteiger partial charge is 0.135 e. The van der Waals surface area contributed by atoms with Crippen LogP contribution in [0.5, 0.6) is 0 Å². The van der Waals surface area contributed by atoms with Crippen LogP contribution in [0.25, 0.3) is 11.0 Å². The molecule has 0 aliphatic carbocycles. The molecule has 0 aliphatic heterocycles. The first-order valence-corrected chi connectivity index (χ1v) is 6.80. The van der Waals surface area contributed by atoms with Crippen LogP contribution in [0.2, 0.25) is 0 Å². The Bertz CT molecular complexity index is 728. The van der Waals surface area contributed by atoms with E-state index in [0.29, 0.717) is 0 Å². The van der Waals surface area contributed by atoms with Crippen molar-refractivity contribution in [3.05, 3.63) is 48.4 Å². The largest absolute Gasteiger partial charge is 0.334 e. The zero-order valence-electron chi connectivity index (χ0n) is 12.0. The van der Waals surface area contributed by atoms with Crippen LogP contribution in [-0.4, -0.2) is 21.1 Å². The summed E-state index contributed by atoms with van der Waals surface area (Å²) in [6.45, 7) is 5.11. The van der Waals surface area contributed by atoms with E-state index in [2.05, 4.69) is 59.0 Å². The van der Waals surface area contributed by atoms with E-state index < -0.39 is 0 Å². The fourth-order valence-corrected chi connectivity index (χ4v) is 2.37. The minimum absolute atomic E-state index is 0.874. The van der Waals surface area contributed by atoms with Gasteiger partial charge in [-0.1, -0.05) is 17.7 Å². The molecule has 0 fully saturated rings. The number of rotatable bonds is 3. The lowest BCUT2D eigenvalue weighted by molar-refractivity contribution is 0.943. The second-order valence-corrected chi connectivity index (χ2v) is 4.97. The molecule has 0 amide bonds. The van der Waals surface area contributed by atoms with Crippen molar-refractivity contribution in [2.45, 2.75) is 13.8 Å². The summed E-state index contributed by atoms with van der Waals surface area (Å²) in [7, 11) is 2.00. The molecule has 2 aromatic heterocycles. The number of imidazole rings is 1. The Hall–Kier alpha value is -2.36. The van der Waals surface area contributed by atoms with E-state index in [-0.39, 0.29) is 0 Å². The van der Waals surface area contributed by atoms with Crippen LogP contribution in [0.1, 0.15) is 12.5 Å². The monoisotopic (exact) mass is 266 g/mol. The van der Waals surface area contributed by atoms with E-state index in [9.17, 15) is 0 Å². The Morgan fingerprint density at radius 1 is 1.15 bits per heavy atom. The van der Waals surface area contributed by atoms with Crippen LogP contribution in [0.3, 0.4) is 0 Å². The van der Waals surface area contributed by atoms with E-state index in [1.54, 1.807) is 0 Å². The number of aryl methyl sites for hydroxylation is 2. The molecule has 0 spiro atoms. The van der Waals surface area contributed by atoms with E-state index in [1.807, 2.05) is 24.1 Å². The van der Waals surface area contributed by atoms with Crippen molar-refractivity contribution in [3.63, 3.8) is 0 Å². The van der Waals surface area contributed by atoms with E-state index in [4.69, 9.17) is 0 Å². The van der Waals surface area contributed by atoms with Crippen LogP contribution < -0.4 is 4.90 Å². The number of fused-ring (bicyclic) bond motifs is 1. The van der Waals surface area contributed by atoms with Gasteiger partial charge in [-0.2, -0.15) is 0 Å². The third-order valence-corrected chi connectivity index (χ3v) is 3.54. The topological polar surface area (TPSA) is 34.0 Å². The molecule has 0 unspecified atom stereocenters. The molecule has 0 aliphatic rings. The molecule has 0 atom stereocenters. The highest BCUT2D eigenvalue weighted by Gasteiger charge is 2.10. The van der Waals surface area contributed by atoms with Gasteiger partial charge in [0.2, 0.25) is 0 Å². The van der Waals surface area contributed by atoms with Gasteiger partial charge in [-0.25, -0.2) is 9.97 Å². The SMILES string of the molecule is CCN(c1ccc(C)cc1)c1cc2c(cn1)ncn2C. The Morgan fingerprint density at radius 2 is 1.90 bits per heavy atom. The predicted molar refractivity (Wildman–Crippen MR) is 82.4 cm³/mol. The Morgan fingerprint density at radius 3 is 2.60 bits per heavy atom. The van der Waals surface area contributed by atoms with Crippen molar-refractivity contribution in [1.29, 1.82) is 0 Å². The molecule has 0 N–H and O–H groups in total. The second-order valence-electron chi connectivity index (χ2n) is 4.97. The maximum absolute atomic E-state index is 4.54. The van der Waals surface area contributed by atoms with Gasteiger partial charge in [0.1, 0.15) is 11.3 Å². The minimum Gasteiger partial charge on any atom is -0.334 e. The summed E-state index contributed by atoms with van der Waals surface area (Å²) < 4.78 is 2.02. The average molecular weight is 266 g/mol. The number of aromatic nitrogens is 3. The van der Waals surface area contributed by atoms with Crippen LogP contribution in [0, 0.1) is 6.92 Å². The summed E-state index contributed by atoms with van der Waals surface area (Å²) in [4.78, 5) is 11.1. The van der Waals surface area contributed by atoms with E-state index in [0.717, 1.165) is 29.1 Å². The molecule has 1 aromatic carbocycles. The molecule has 0 saturated heterocycles. The lowest BCUT2D eigenvalue weighted by Crippen LogP contribution is -2.17. The first-order valence-electron chi connectivity index (χ1n) is 6.80. The summed E-state index contributed by atoms with van der Waals surface area (Å²) in [6, 6.07) is 10.6. The molecular weight excluding hydrogens is 248 g/mol. The fourth-order valence-electron chi connectivity index (χ4n) is 2.37. The summed E-state index contributed by atoms with van der Waals surface area (Å²) in [6.07, 6.45) is 3.65. The van der Waals surface area contributed by atoms with Gasteiger partial charge in [0.05, 0.1) is 18.0 Å². The highest BCUT2D eigenvalue weighted by atomic mass is 15.2. The number of pyridine rings is 1. The maximum Gasteiger partial charge on any atom is 0.135 e. The molecule has 3 rings (SSSR count). The first-order chi connectivity index (χ1) is 9.69. The molecule has 0 saturated carbocycles. The zero-order valence-corrected chi connectivity index (χ0v) is 12.0. The molecule has 0 bridgehead atoms. The normalized spacial score (nSPS) is 10.9. The van der Waals surface area contributed by atoms with Crippen LogP contribution in [-0.2, 0) is 7.05 Å². The third-order valence-electron chi connectivity index (χ3n) is 3.54. The quantitative estimate of drug-likeness (QED) is 0.728. The summed E-state index contributed by atoms with van der Waals surface area (Å²) in [5.41, 5.74) is 4.45. The molecular formula is C16H18N4. The van der Waals surface area contributed by atoms with Gasteiger partial charge in [-0.15, -0.1) is 0 Å². The Balaban J connectivity index is 2.06. The van der Waals surface area contributed by atoms with Gasteiger partial charge in [-0.05, 0) is 26.0 Å². The Kier molecular flexibility index (Phi) is 3.14. The number of nitrogens with zero attached hydrogens (tertiary/aromatic N) is 4. The first kappa shape index (κ1) is 12.7. The average Bonchev–Trinajstić information content (AvgIpc) is 2.83. The van der Waals surface area contributed by atoms with E-state index in [1.165, 1.54) is 5.56 Å². The standard InChI is InChI=1S/C16H18N4/c1-4-20(13-7-5-12(2)6-8-13)16-9-15-14(10-17-16)18-11-19(15)3/h5-11H,4H2,1-3H3. The molecule has 4 nitrogen and oxygen atoms in total. The van der Waals surface area contributed by atoms with Crippen LogP contribution in [0.4, 0.5) is 11.5 Å².